The van der Waals surface area contributed by atoms with E-state index < -0.39 is 29.4 Å². The van der Waals surface area contributed by atoms with Crippen LogP contribution in [-0.2, 0) is 23.3 Å². The number of nitro benzene ring substituents is 1. The minimum absolute atomic E-state index is 0.157. The van der Waals surface area contributed by atoms with Crippen LogP contribution in [0.15, 0.2) is 18.2 Å². The molecule has 0 aromatic heterocycles. The number of halogens is 1. The third-order valence-electron chi connectivity index (χ3n) is 3.26. The molecular weight excluding hydrogens is 442 g/mol. The van der Waals surface area contributed by atoms with Crippen molar-refractivity contribution in [2.75, 3.05) is 0 Å². The molecular formula is C12H14ClHgNO3. The van der Waals surface area contributed by atoms with E-state index in [2.05, 4.69) is 0 Å². The molecule has 0 saturated heterocycles. The van der Waals surface area contributed by atoms with Crippen molar-refractivity contribution in [2.24, 2.45) is 0 Å². The molecule has 0 spiro atoms. The zero-order chi connectivity index (χ0) is 13.1. The van der Waals surface area contributed by atoms with E-state index in [4.69, 9.17) is 8.25 Å². The number of benzene rings is 1. The quantitative estimate of drug-likeness (QED) is 0.405. The van der Waals surface area contributed by atoms with Gasteiger partial charge >= 0.3 is 122 Å². The number of rotatable bonds is 6. The van der Waals surface area contributed by atoms with E-state index in [0.717, 1.165) is 22.3 Å². The van der Waals surface area contributed by atoms with Gasteiger partial charge in [-0.3, -0.25) is 0 Å². The van der Waals surface area contributed by atoms with Crippen molar-refractivity contribution >= 4 is 13.9 Å². The van der Waals surface area contributed by atoms with E-state index in [0.29, 0.717) is 17.9 Å². The Morgan fingerprint density at radius 2 is 2.28 bits per heavy atom. The predicted molar refractivity (Wildman–Crippen MR) is 65.3 cm³/mol. The Morgan fingerprint density at radius 3 is 2.83 bits per heavy atom. The summed E-state index contributed by atoms with van der Waals surface area (Å²) >= 11 is -1.24. The van der Waals surface area contributed by atoms with Crippen LogP contribution in [0.25, 0.3) is 0 Å². The summed E-state index contributed by atoms with van der Waals surface area (Å²) in [5.74, 6) is 0.344. The summed E-state index contributed by atoms with van der Waals surface area (Å²) in [5.41, 5.74) is 1.61. The van der Waals surface area contributed by atoms with Crippen LogP contribution < -0.4 is 0 Å². The third-order valence-corrected chi connectivity index (χ3v) is 8.24. The van der Waals surface area contributed by atoms with Gasteiger partial charge in [0.25, 0.3) is 0 Å². The second-order valence-corrected chi connectivity index (χ2v) is 12.2. The van der Waals surface area contributed by atoms with Crippen molar-refractivity contribution in [3.8, 4) is 0 Å². The normalized spacial score (nSPS) is 16.1. The number of nitrogens with zero attached hydrogens (tertiary/aromatic N) is 1. The average Bonchev–Trinajstić information content (AvgIpc) is 3.19. The number of hydrogen-bond donors (Lipinski definition) is 1. The van der Waals surface area contributed by atoms with Gasteiger partial charge in [-0.05, 0) is 0 Å². The van der Waals surface area contributed by atoms with Gasteiger partial charge in [-0.2, -0.15) is 0 Å². The average molecular weight is 456 g/mol. The monoisotopic (exact) mass is 457 g/mol. The number of aliphatic hydroxyl groups excluding tert-OH is 1. The molecule has 1 atom stereocenters. The molecule has 1 aliphatic rings. The first kappa shape index (κ1) is 14.2. The van der Waals surface area contributed by atoms with Crippen molar-refractivity contribution in [3.63, 3.8) is 0 Å². The van der Waals surface area contributed by atoms with E-state index in [1.165, 1.54) is 6.07 Å². The molecule has 6 heteroatoms. The van der Waals surface area contributed by atoms with Gasteiger partial charge in [0.15, 0.2) is 0 Å². The van der Waals surface area contributed by atoms with Gasteiger partial charge in [0.05, 0.1) is 0 Å². The second-order valence-electron chi connectivity index (χ2n) is 4.70. The van der Waals surface area contributed by atoms with Gasteiger partial charge in [-0.25, -0.2) is 0 Å². The van der Waals surface area contributed by atoms with E-state index in [-0.39, 0.29) is 10.6 Å². The van der Waals surface area contributed by atoms with Crippen LogP contribution in [0.1, 0.15) is 42.4 Å². The van der Waals surface area contributed by atoms with Crippen LogP contribution in [-0.4, -0.2) is 10.0 Å². The fourth-order valence-electron chi connectivity index (χ4n) is 2.10. The van der Waals surface area contributed by atoms with Gasteiger partial charge in [-0.15, -0.1) is 0 Å². The summed E-state index contributed by atoms with van der Waals surface area (Å²) in [7, 11) is 5.79. The summed E-state index contributed by atoms with van der Waals surface area (Å²) in [4.78, 5) is 10.7. The minimum atomic E-state index is -1.24. The Bertz CT molecular complexity index is 451. The van der Waals surface area contributed by atoms with Crippen LogP contribution in [0.5, 0.6) is 0 Å². The molecule has 0 bridgehead atoms. The van der Waals surface area contributed by atoms with Crippen molar-refractivity contribution in [2.45, 2.75) is 35.2 Å². The Kier molecular flexibility index (Phi) is 4.98. The Hall–Kier alpha value is -0.195. The van der Waals surface area contributed by atoms with Gasteiger partial charge in [0.1, 0.15) is 0 Å². The predicted octanol–water partition coefficient (Wildman–Crippen LogP) is 3.55. The molecule has 1 unspecified atom stereocenters. The van der Waals surface area contributed by atoms with Gasteiger partial charge in [0.2, 0.25) is 0 Å². The maximum atomic E-state index is 11.1. The molecule has 2 rings (SSSR count). The standard InChI is InChI=1S/C12H14NO3.ClH.Hg/c1-2-12(14)9-5-6-10(8-3-4-8)11(7-9)13(15)16;;/h5-8,12,14H,1-4H2;1H;/q;;+1/p-1. The number of nitro groups is 1. The van der Waals surface area contributed by atoms with Crippen LogP contribution in [0.3, 0.4) is 0 Å². The molecule has 1 aliphatic carbocycles. The first-order valence-electron chi connectivity index (χ1n) is 6.15. The summed E-state index contributed by atoms with van der Waals surface area (Å²) < 4.78 is 0.918. The van der Waals surface area contributed by atoms with Crippen molar-refractivity contribution in [3.05, 3.63) is 39.4 Å². The second kappa shape index (κ2) is 6.30. The summed E-state index contributed by atoms with van der Waals surface area (Å²) in [6.07, 6.45) is 2.08. The Labute approximate surface area is 121 Å². The van der Waals surface area contributed by atoms with E-state index >= 15 is 0 Å². The van der Waals surface area contributed by atoms with Gasteiger partial charge in [0, 0.05) is 0 Å². The molecule has 0 aliphatic heterocycles. The first-order valence-corrected chi connectivity index (χ1v) is 16.8. The van der Waals surface area contributed by atoms with Crippen molar-refractivity contribution in [1.29, 1.82) is 0 Å². The molecule has 4 nitrogen and oxygen atoms in total. The van der Waals surface area contributed by atoms with E-state index in [1.54, 1.807) is 6.07 Å². The molecule has 0 amide bonds. The Balaban J connectivity index is 2.22. The summed E-state index contributed by atoms with van der Waals surface area (Å²) in [5, 5.41) is 21.0. The van der Waals surface area contributed by atoms with E-state index in [9.17, 15) is 15.2 Å². The fourth-order valence-corrected chi connectivity index (χ4v) is 5.56. The zero-order valence-electron chi connectivity index (χ0n) is 10.0. The van der Waals surface area contributed by atoms with Crippen LogP contribution >= 0.6 is 8.25 Å². The van der Waals surface area contributed by atoms with E-state index in [1.807, 2.05) is 6.07 Å². The SMILES string of the molecule is O=[N+]([O-])c1cc(C(O)C[CH2][Hg][Cl])ccc1C1CC1. The number of aliphatic hydroxyl groups is 1. The fraction of sp³-hybridized carbons (Fsp3) is 0.500. The molecule has 1 aromatic carbocycles. The van der Waals surface area contributed by atoms with Gasteiger partial charge < -0.3 is 0 Å². The van der Waals surface area contributed by atoms with Crippen molar-refractivity contribution in [1.82, 2.24) is 0 Å². The molecule has 1 aromatic rings. The topological polar surface area (TPSA) is 63.4 Å². The van der Waals surface area contributed by atoms with Crippen LogP contribution in [0.2, 0.25) is 3.93 Å². The number of hydrogen-bond acceptors (Lipinski definition) is 3. The first-order chi connectivity index (χ1) is 8.63. The molecule has 1 fully saturated rings. The van der Waals surface area contributed by atoms with Crippen molar-refractivity contribution < 1.29 is 33.4 Å². The van der Waals surface area contributed by atoms with Crippen LogP contribution in [0, 0.1) is 10.1 Å². The molecule has 1 saturated carbocycles. The van der Waals surface area contributed by atoms with Gasteiger partial charge in [-0.1, -0.05) is 0 Å². The summed E-state index contributed by atoms with van der Waals surface area (Å²) in [6, 6.07) is 5.15. The Morgan fingerprint density at radius 1 is 1.56 bits per heavy atom. The molecule has 1 N–H and O–H groups in total. The zero-order valence-corrected chi connectivity index (χ0v) is 16.3. The molecule has 0 heterocycles. The third kappa shape index (κ3) is 3.42. The molecule has 94 valence electrons. The molecule has 0 radical (unpaired) electrons. The maximum absolute atomic E-state index is 11.1. The molecule has 18 heavy (non-hydrogen) atoms. The van der Waals surface area contributed by atoms with Crippen LogP contribution in [0.4, 0.5) is 5.69 Å². The summed E-state index contributed by atoms with van der Waals surface area (Å²) in [6.45, 7) is 0.